The summed E-state index contributed by atoms with van der Waals surface area (Å²) in [5.41, 5.74) is 0. The third-order valence-electron chi connectivity index (χ3n) is 1.36. The van der Waals surface area contributed by atoms with Crippen molar-refractivity contribution in [3.05, 3.63) is 0 Å². The third kappa shape index (κ3) is 9.84. The minimum Gasteiger partial charge on any atom is -0.317 e. The summed E-state index contributed by atoms with van der Waals surface area (Å²) < 4.78 is 32.8. The zero-order valence-electron chi connectivity index (χ0n) is 7.35. The molecule has 0 aromatic rings. The molecule has 0 aliphatic carbocycles. The lowest BCUT2D eigenvalue weighted by Crippen LogP contribution is -2.19. The van der Waals surface area contributed by atoms with Gasteiger partial charge in [-0.1, -0.05) is 0 Å². The average molecular weight is 197 g/mol. The molecule has 0 rings (SSSR count). The predicted octanol–water partition coefficient (Wildman–Crippen LogP) is 0.370. The molecule has 0 aromatic carbocycles. The molecular weight excluding hydrogens is 181 g/mol. The van der Waals surface area contributed by atoms with Crippen molar-refractivity contribution >= 4 is 9.84 Å². The molecule has 74 valence electrons. The Bertz CT molecular complexity index is 192. The molecule has 0 heterocycles. The highest BCUT2D eigenvalue weighted by molar-refractivity contribution is 7.90. The fourth-order valence-corrected chi connectivity index (χ4v) is 1.44. The molecule has 0 amide bonds. The summed E-state index contributed by atoms with van der Waals surface area (Å²) in [7, 11) is -2.83. The summed E-state index contributed by atoms with van der Waals surface area (Å²) in [6, 6.07) is 0. The Morgan fingerprint density at radius 1 is 1.25 bits per heavy atom. The summed E-state index contributed by atoms with van der Waals surface area (Å²) in [5, 5.41) is 2.95. The summed E-state index contributed by atoms with van der Waals surface area (Å²) in [4.78, 5) is 0. The molecule has 0 atom stereocenters. The molecule has 3 nitrogen and oxygen atoms in total. The summed E-state index contributed by atoms with van der Waals surface area (Å²) >= 11 is 0. The Morgan fingerprint density at radius 2 is 1.83 bits per heavy atom. The Morgan fingerprint density at radius 3 is 2.33 bits per heavy atom. The maximum absolute atomic E-state index is 11.6. The predicted molar refractivity (Wildman–Crippen MR) is 47.8 cm³/mol. The highest BCUT2D eigenvalue weighted by Gasteiger charge is 1.99. The standard InChI is InChI=1S/C7H16FNO2S/c1-12(10,11)7-3-6-9-5-2-4-8/h9H,2-7H2,1H3. The van der Waals surface area contributed by atoms with Gasteiger partial charge in [-0.3, -0.25) is 4.39 Å². The van der Waals surface area contributed by atoms with Gasteiger partial charge in [0, 0.05) is 6.26 Å². The molecule has 0 aromatic heterocycles. The van der Waals surface area contributed by atoms with E-state index >= 15 is 0 Å². The van der Waals surface area contributed by atoms with Gasteiger partial charge in [0.05, 0.1) is 12.4 Å². The smallest absolute Gasteiger partial charge is 0.147 e. The maximum Gasteiger partial charge on any atom is 0.147 e. The number of alkyl halides is 1. The van der Waals surface area contributed by atoms with Gasteiger partial charge in [-0.15, -0.1) is 0 Å². The fourth-order valence-electron chi connectivity index (χ4n) is 0.776. The van der Waals surface area contributed by atoms with Crippen LogP contribution >= 0.6 is 0 Å². The van der Waals surface area contributed by atoms with Crippen molar-refractivity contribution in [2.45, 2.75) is 12.8 Å². The van der Waals surface area contributed by atoms with Crippen LogP contribution in [0.2, 0.25) is 0 Å². The SMILES string of the molecule is CS(=O)(=O)CCCNCCCF. The average Bonchev–Trinajstić information content (AvgIpc) is 1.94. The van der Waals surface area contributed by atoms with Crippen LogP contribution in [0.1, 0.15) is 12.8 Å². The summed E-state index contributed by atoms with van der Waals surface area (Å²) in [6.07, 6.45) is 2.32. The van der Waals surface area contributed by atoms with Crippen molar-refractivity contribution < 1.29 is 12.8 Å². The molecule has 1 N–H and O–H groups in total. The number of hydrogen-bond acceptors (Lipinski definition) is 3. The Balaban J connectivity index is 3.12. The van der Waals surface area contributed by atoms with E-state index in [4.69, 9.17) is 0 Å². The number of hydrogen-bond donors (Lipinski definition) is 1. The van der Waals surface area contributed by atoms with Gasteiger partial charge in [0.2, 0.25) is 0 Å². The van der Waals surface area contributed by atoms with Crippen LogP contribution in [-0.2, 0) is 9.84 Å². The largest absolute Gasteiger partial charge is 0.317 e. The van der Waals surface area contributed by atoms with Crippen LogP contribution in [0.15, 0.2) is 0 Å². The highest BCUT2D eigenvalue weighted by atomic mass is 32.2. The van der Waals surface area contributed by atoms with E-state index in [1.165, 1.54) is 6.26 Å². The van der Waals surface area contributed by atoms with Crippen molar-refractivity contribution in [3.63, 3.8) is 0 Å². The second kappa shape index (κ2) is 6.37. The van der Waals surface area contributed by atoms with Crippen molar-refractivity contribution in [1.82, 2.24) is 5.32 Å². The van der Waals surface area contributed by atoms with E-state index in [0.717, 1.165) is 0 Å². The number of sulfone groups is 1. The van der Waals surface area contributed by atoms with E-state index in [-0.39, 0.29) is 12.4 Å². The van der Waals surface area contributed by atoms with Crippen LogP contribution in [0, 0.1) is 0 Å². The van der Waals surface area contributed by atoms with Gasteiger partial charge < -0.3 is 5.32 Å². The van der Waals surface area contributed by atoms with Crippen LogP contribution in [0.4, 0.5) is 4.39 Å². The molecule has 0 spiro atoms. The van der Waals surface area contributed by atoms with Crippen molar-refractivity contribution in [2.75, 3.05) is 31.8 Å². The van der Waals surface area contributed by atoms with Gasteiger partial charge in [-0.2, -0.15) is 0 Å². The van der Waals surface area contributed by atoms with Crippen molar-refractivity contribution in [3.8, 4) is 0 Å². The molecule has 0 fully saturated rings. The lowest BCUT2D eigenvalue weighted by atomic mass is 10.4. The minimum atomic E-state index is -2.83. The number of rotatable bonds is 7. The highest BCUT2D eigenvalue weighted by Crippen LogP contribution is 1.87. The second-order valence-electron chi connectivity index (χ2n) is 2.78. The molecule has 12 heavy (non-hydrogen) atoms. The summed E-state index contributed by atoms with van der Waals surface area (Å²) in [6.45, 7) is 0.951. The molecule has 0 bridgehead atoms. The van der Waals surface area contributed by atoms with Gasteiger partial charge in [0.15, 0.2) is 0 Å². The first kappa shape index (κ1) is 11.8. The zero-order valence-corrected chi connectivity index (χ0v) is 8.16. The molecule has 0 radical (unpaired) electrons. The summed E-state index contributed by atoms with van der Waals surface area (Å²) in [5.74, 6) is 0.204. The van der Waals surface area contributed by atoms with Gasteiger partial charge >= 0.3 is 0 Å². The molecule has 0 aliphatic rings. The molecular formula is C7H16FNO2S. The lowest BCUT2D eigenvalue weighted by molar-refractivity contribution is 0.459. The van der Waals surface area contributed by atoms with Gasteiger partial charge in [-0.25, -0.2) is 8.42 Å². The normalized spacial score (nSPS) is 11.8. The first-order valence-corrected chi connectivity index (χ1v) is 6.07. The van der Waals surface area contributed by atoms with E-state index in [1.54, 1.807) is 0 Å². The van der Waals surface area contributed by atoms with Gasteiger partial charge in [0.1, 0.15) is 9.84 Å². The molecule has 0 saturated carbocycles. The third-order valence-corrected chi connectivity index (χ3v) is 2.39. The Kier molecular flexibility index (Phi) is 6.28. The Labute approximate surface area is 73.3 Å². The van der Waals surface area contributed by atoms with E-state index in [2.05, 4.69) is 5.32 Å². The van der Waals surface area contributed by atoms with Crippen LogP contribution in [0.3, 0.4) is 0 Å². The maximum atomic E-state index is 11.6. The lowest BCUT2D eigenvalue weighted by Gasteiger charge is -2.01. The number of halogens is 1. The quantitative estimate of drug-likeness (QED) is 0.600. The zero-order chi connectivity index (χ0) is 9.45. The molecule has 0 aliphatic heterocycles. The second-order valence-corrected chi connectivity index (χ2v) is 5.04. The number of nitrogens with one attached hydrogen (secondary N) is 1. The van der Waals surface area contributed by atoms with E-state index < -0.39 is 9.84 Å². The van der Waals surface area contributed by atoms with E-state index in [1.807, 2.05) is 0 Å². The minimum absolute atomic E-state index is 0.204. The molecule has 5 heteroatoms. The first-order chi connectivity index (χ1) is 5.56. The van der Waals surface area contributed by atoms with Gasteiger partial charge in [0.25, 0.3) is 0 Å². The first-order valence-electron chi connectivity index (χ1n) is 4.00. The Hall–Kier alpha value is -0.160. The molecule has 0 unspecified atom stereocenters. The van der Waals surface area contributed by atoms with E-state index in [9.17, 15) is 12.8 Å². The van der Waals surface area contributed by atoms with E-state index in [0.29, 0.717) is 25.9 Å². The molecule has 0 saturated heterocycles. The fraction of sp³-hybridized carbons (Fsp3) is 1.00. The van der Waals surface area contributed by atoms with Gasteiger partial charge in [-0.05, 0) is 25.9 Å². The van der Waals surface area contributed by atoms with Crippen molar-refractivity contribution in [1.29, 1.82) is 0 Å². The van der Waals surface area contributed by atoms with Crippen LogP contribution in [0.5, 0.6) is 0 Å². The van der Waals surface area contributed by atoms with Crippen LogP contribution in [-0.4, -0.2) is 40.2 Å². The van der Waals surface area contributed by atoms with Crippen LogP contribution < -0.4 is 5.32 Å². The van der Waals surface area contributed by atoms with Crippen molar-refractivity contribution in [2.24, 2.45) is 0 Å². The monoisotopic (exact) mass is 197 g/mol. The topological polar surface area (TPSA) is 46.2 Å². The van der Waals surface area contributed by atoms with Crippen LogP contribution in [0.25, 0.3) is 0 Å².